The number of fused-ring (bicyclic) bond motifs is 3. The molecule has 0 aliphatic rings. The second-order valence-electron chi connectivity index (χ2n) is 3.39. The van der Waals surface area contributed by atoms with E-state index in [9.17, 15) is 0 Å². The Bertz CT molecular complexity index is 574. The topological polar surface area (TPSA) is 27.1 Å². The van der Waals surface area contributed by atoms with Crippen molar-refractivity contribution in [2.24, 2.45) is 0 Å². The molecule has 0 spiro atoms. The molecule has 3 aromatic rings. The number of para-hydroxylation sites is 1. The highest BCUT2D eigenvalue weighted by atomic mass is 16.6. The number of aromatic nitrogens is 2. The maximum atomic E-state index is 5.37. The summed E-state index contributed by atoms with van der Waals surface area (Å²) in [5, 5.41) is 2.29. The minimum atomic E-state index is 1.05. The van der Waals surface area contributed by atoms with Crippen molar-refractivity contribution in [2.75, 3.05) is 7.11 Å². The van der Waals surface area contributed by atoms with Crippen LogP contribution in [-0.4, -0.2) is 16.8 Å². The first-order valence-corrected chi connectivity index (χ1v) is 4.79. The average molecular weight is 198 g/mol. The average Bonchev–Trinajstić information content (AvgIpc) is 2.63. The van der Waals surface area contributed by atoms with Crippen molar-refractivity contribution in [3.05, 3.63) is 42.7 Å². The zero-order valence-electron chi connectivity index (χ0n) is 8.34. The van der Waals surface area contributed by atoms with Gasteiger partial charge in [-0.25, -0.2) is 0 Å². The highest BCUT2D eigenvalue weighted by Crippen LogP contribution is 2.26. The molecule has 2 aromatic heterocycles. The summed E-state index contributed by atoms with van der Waals surface area (Å²) < 4.78 is 1.83. The molecule has 0 unspecified atom stereocenters. The summed E-state index contributed by atoms with van der Waals surface area (Å²) in [6.07, 6.45) is 3.64. The molecule has 0 bridgehead atoms. The zero-order chi connectivity index (χ0) is 10.3. The van der Waals surface area contributed by atoms with Crippen LogP contribution in [0.4, 0.5) is 0 Å². The van der Waals surface area contributed by atoms with Crippen molar-refractivity contribution in [3.63, 3.8) is 0 Å². The van der Waals surface area contributed by atoms with E-state index in [4.69, 9.17) is 4.84 Å². The SMILES string of the molecule is COn1c2ccccc2c2cnccc21. The second kappa shape index (κ2) is 2.98. The normalized spacial score (nSPS) is 11.0. The lowest BCUT2D eigenvalue weighted by Gasteiger charge is -2.02. The van der Waals surface area contributed by atoms with Crippen LogP contribution in [0.15, 0.2) is 42.7 Å². The summed E-state index contributed by atoms with van der Waals surface area (Å²) in [7, 11) is 1.67. The van der Waals surface area contributed by atoms with Crippen LogP contribution in [-0.2, 0) is 0 Å². The maximum absolute atomic E-state index is 5.37. The number of pyridine rings is 1. The van der Waals surface area contributed by atoms with Crippen molar-refractivity contribution < 1.29 is 4.84 Å². The Morgan fingerprint density at radius 2 is 1.87 bits per heavy atom. The fraction of sp³-hybridized carbons (Fsp3) is 0.0833. The van der Waals surface area contributed by atoms with Crippen LogP contribution in [0.5, 0.6) is 0 Å². The Morgan fingerprint density at radius 1 is 1.07 bits per heavy atom. The van der Waals surface area contributed by atoms with Gasteiger partial charge < -0.3 is 4.84 Å². The van der Waals surface area contributed by atoms with E-state index >= 15 is 0 Å². The third-order valence-corrected chi connectivity index (χ3v) is 2.61. The molecule has 0 saturated heterocycles. The third-order valence-electron chi connectivity index (χ3n) is 2.61. The first kappa shape index (κ1) is 8.29. The van der Waals surface area contributed by atoms with Crippen LogP contribution in [0.2, 0.25) is 0 Å². The molecule has 0 fully saturated rings. The number of hydrogen-bond donors (Lipinski definition) is 0. The van der Waals surface area contributed by atoms with E-state index in [1.165, 1.54) is 5.39 Å². The van der Waals surface area contributed by atoms with Gasteiger partial charge in [0.2, 0.25) is 0 Å². The summed E-state index contributed by atoms with van der Waals surface area (Å²) in [5.74, 6) is 0. The molecule has 74 valence electrons. The molecule has 15 heavy (non-hydrogen) atoms. The Labute approximate surface area is 86.9 Å². The molecule has 0 aliphatic heterocycles. The van der Waals surface area contributed by atoms with E-state index in [0.29, 0.717) is 0 Å². The molecule has 0 N–H and O–H groups in total. The quantitative estimate of drug-likeness (QED) is 0.599. The van der Waals surface area contributed by atoms with E-state index in [-0.39, 0.29) is 0 Å². The van der Waals surface area contributed by atoms with Crippen molar-refractivity contribution in [2.45, 2.75) is 0 Å². The Balaban J connectivity index is 2.62. The summed E-state index contributed by atoms with van der Waals surface area (Å²) in [5.41, 5.74) is 2.12. The third kappa shape index (κ3) is 1.03. The predicted molar refractivity (Wildman–Crippen MR) is 59.7 cm³/mol. The monoisotopic (exact) mass is 198 g/mol. The van der Waals surface area contributed by atoms with Gasteiger partial charge in [-0.3, -0.25) is 4.98 Å². The fourth-order valence-corrected chi connectivity index (χ4v) is 1.98. The van der Waals surface area contributed by atoms with Crippen molar-refractivity contribution in [3.8, 4) is 0 Å². The second-order valence-corrected chi connectivity index (χ2v) is 3.39. The summed E-state index contributed by atoms with van der Waals surface area (Å²) in [6.45, 7) is 0. The van der Waals surface area contributed by atoms with Gasteiger partial charge in [0.15, 0.2) is 0 Å². The molecule has 1 aromatic carbocycles. The minimum Gasteiger partial charge on any atom is -0.416 e. The predicted octanol–water partition coefficient (Wildman–Crippen LogP) is 2.25. The molecule has 0 radical (unpaired) electrons. The lowest BCUT2D eigenvalue weighted by molar-refractivity contribution is 0.190. The number of hydrogen-bond acceptors (Lipinski definition) is 2. The number of nitrogens with zero attached hydrogens (tertiary/aromatic N) is 2. The summed E-state index contributed by atoms with van der Waals surface area (Å²) in [4.78, 5) is 9.51. The van der Waals surface area contributed by atoms with Gasteiger partial charge in [0.1, 0.15) is 7.11 Å². The molecular formula is C12H10N2O. The molecule has 3 rings (SSSR count). The lowest BCUT2D eigenvalue weighted by atomic mass is 10.2. The van der Waals surface area contributed by atoms with Crippen LogP contribution in [0.1, 0.15) is 0 Å². The molecule has 0 amide bonds. The molecule has 0 atom stereocenters. The van der Waals surface area contributed by atoms with Gasteiger partial charge >= 0.3 is 0 Å². The van der Waals surface area contributed by atoms with Crippen molar-refractivity contribution in [1.82, 2.24) is 9.71 Å². The fourth-order valence-electron chi connectivity index (χ4n) is 1.98. The standard InChI is InChI=1S/C12H10N2O/c1-15-14-11-5-3-2-4-9(11)10-8-13-7-6-12(10)14/h2-8H,1H3. The van der Waals surface area contributed by atoms with E-state index in [1.807, 2.05) is 35.2 Å². The molecule has 3 nitrogen and oxygen atoms in total. The van der Waals surface area contributed by atoms with E-state index in [0.717, 1.165) is 16.4 Å². The molecular weight excluding hydrogens is 188 g/mol. The molecule has 0 saturated carbocycles. The molecule has 0 aliphatic carbocycles. The molecule has 3 heteroatoms. The van der Waals surface area contributed by atoms with Crippen LogP contribution in [0.3, 0.4) is 0 Å². The van der Waals surface area contributed by atoms with Gasteiger partial charge in [0, 0.05) is 23.2 Å². The first-order chi connectivity index (χ1) is 7.42. The summed E-state index contributed by atoms with van der Waals surface area (Å²) in [6, 6.07) is 10.1. The zero-order valence-corrected chi connectivity index (χ0v) is 8.34. The molecule has 2 heterocycles. The Kier molecular flexibility index (Phi) is 1.65. The Hall–Kier alpha value is -2.03. The minimum absolute atomic E-state index is 1.05. The van der Waals surface area contributed by atoms with Gasteiger partial charge in [-0.05, 0) is 12.1 Å². The van der Waals surface area contributed by atoms with Crippen LogP contribution in [0, 0.1) is 0 Å². The van der Waals surface area contributed by atoms with E-state index < -0.39 is 0 Å². The van der Waals surface area contributed by atoms with E-state index in [1.54, 1.807) is 13.3 Å². The highest BCUT2D eigenvalue weighted by Gasteiger charge is 2.09. The first-order valence-electron chi connectivity index (χ1n) is 4.79. The summed E-state index contributed by atoms with van der Waals surface area (Å²) >= 11 is 0. The van der Waals surface area contributed by atoms with Gasteiger partial charge in [-0.15, -0.1) is 0 Å². The largest absolute Gasteiger partial charge is 0.416 e. The number of rotatable bonds is 1. The van der Waals surface area contributed by atoms with Gasteiger partial charge in [0.05, 0.1) is 11.0 Å². The van der Waals surface area contributed by atoms with Crippen molar-refractivity contribution >= 4 is 21.8 Å². The van der Waals surface area contributed by atoms with Crippen molar-refractivity contribution in [1.29, 1.82) is 0 Å². The Morgan fingerprint density at radius 3 is 2.73 bits per heavy atom. The smallest absolute Gasteiger partial charge is 0.104 e. The van der Waals surface area contributed by atoms with E-state index in [2.05, 4.69) is 11.1 Å². The lowest BCUT2D eigenvalue weighted by Crippen LogP contribution is -2.04. The van der Waals surface area contributed by atoms with Gasteiger partial charge in [-0.2, -0.15) is 4.73 Å². The maximum Gasteiger partial charge on any atom is 0.104 e. The highest BCUT2D eigenvalue weighted by molar-refractivity contribution is 6.07. The van der Waals surface area contributed by atoms with Crippen LogP contribution < -0.4 is 4.84 Å². The van der Waals surface area contributed by atoms with Crippen LogP contribution in [0.25, 0.3) is 21.8 Å². The van der Waals surface area contributed by atoms with Gasteiger partial charge in [-0.1, -0.05) is 18.2 Å². The number of benzene rings is 1. The van der Waals surface area contributed by atoms with Gasteiger partial charge in [0.25, 0.3) is 0 Å². The van der Waals surface area contributed by atoms with Crippen LogP contribution >= 0.6 is 0 Å².